The second-order valence-corrected chi connectivity index (χ2v) is 6.54. The van der Waals surface area contributed by atoms with Crippen LogP contribution >= 0.6 is 0 Å². The summed E-state index contributed by atoms with van der Waals surface area (Å²) in [5.74, 6) is 0.916. The molecule has 0 saturated carbocycles. The fraction of sp³-hybridized carbons (Fsp3) is 0.389. The summed E-state index contributed by atoms with van der Waals surface area (Å²) >= 11 is 0. The van der Waals surface area contributed by atoms with Crippen LogP contribution in [0.1, 0.15) is 28.7 Å². The molecule has 4 heterocycles. The Bertz CT molecular complexity index is 901. The molecule has 8 heteroatoms. The average Bonchev–Trinajstić information content (AvgIpc) is 3.27. The van der Waals surface area contributed by atoms with E-state index in [0.717, 1.165) is 43.4 Å². The number of anilines is 1. The van der Waals surface area contributed by atoms with E-state index in [1.165, 1.54) is 5.56 Å². The van der Waals surface area contributed by atoms with E-state index in [1.807, 2.05) is 37.0 Å². The zero-order valence-electron chi connectivity index (χ0n) is 15.0. The first-order valence-corrected chi connectivity index (χ1v) is 8.72. The number of aromatic nitrogens is 5. The highest BCUT2D eigenvalue weighted by Crippen LogP contribution is 2.24. The van der Waals surface area contributed by atoms with Crippen molar-refractivity contribution in [3.05, 3.63) is 59.3 Å². The van der Waals surface area contributed by atoms with Gasteiger partial charge in [-0.3, -0.25) is 14.3 Å². The van der Waals surface area contributed by atoms with Gasteiger partial charge >= 0.3 is 0 Å². The number of fused-ring (bicyclic) bond motifs is 1. The van der Waals surface area contributed by atoms with Crippen molar-refractivity contribution < 1.29 is 5.11 Å². The van der Waals surface area contributed by atoms with Gasteiger partial charge in [0.1, 0.15) is 11.9 Å². The molecule has 3 aromatic heterocycles. The molecule has 4 rings (SSSR count). The smallest absolute Gasteiger partial charge is 0.139 e. The highest BCUT2D eigenvalue weighted by atomic mass is 16.3. The summed E-state index contributed by atoms with van der Waals surface area (Å²) in [5.41, 5.74) is 3.70. The van der Waals surface area contributed by atoms with Crippen molar-refractivity contribution in [2.45, 2.75) is 25.7 Å². The fourth-order valence-electron chi connectivity index (χ4n) is 3.45. The van der Waals surface area contributed by atoms with E-state index in [1.54, 1.807) is 17.1 Å². The van der Waals surface area contributed by atoms with Crippen LogP contribution in [0.2, 0.25) is 0 Å². The Morgan fingerprint density at radius 3 is 2.92 bits per heavy atom. The molecule has 0 spiro atoms. The highest BCUT2D eigenvalue weighted by molar-refractivity contribution is 5.42. The lowest BCUT2D eigenvalue weighted by Crippen LogP contribution is -2.33. The van der Waals surface area contributed by atoms with Crippen LogP contribution in [0.4, 0.5) is 5.82 Å². The predicted molar refractivity (Wildman–Crippen MR) is 97.4 cm³/mol. The lowest BCUT2D eigenvalue weighted by atomic mass is 10.1. The Morgan fingerprint density at radius 1 is 1.27 bits per heavy atom. The molecular formula is C18H23N7O. The maximum absolute atomic E-state index is 10.6. The monoisotopic (exact) mass is 353 g/mol. The topological polar surface area (TPSA) is 84.0 Å². The van der Waals surface area contributed by atoms with Crippen molar-refractivity contribution in [1.82, 2.24) is 29.4 Å². The van der Waals surface area contributed by atoms with Gasteiger partial charge in [0, 0.05) is 51.7 Å². The molecule has 0 aliphatic carbocycles. The molecule has 1 atom stereocenters. The number of nitrogens with one attached hydrogen (secondary N) is 1. The molecular weight excluding hydrogens is 330 g/mol. The molecule has 1 aliphatic rings. The minimum Gasteiger partial charge on any atom is -0.380 e. The van der Waals surface area contributed by atoms with Crippen LogP contribution in [-0.4, -0.2) is 48.1 Å². The Balaban J connectivity index is 1.51. The Morgan fingerprint density at radius 2 is 2.15 bits per heavy atom. The van der Waals surface area contributed by atoms with Crippen LogP contribution in [0.3, 0.4) is 0 Å². The third kappa shape index (κ3) is 3.09. The number of hydrogen-bond acceptors (Lipinski definition) is 6. The third-order valence-corrected chi connectivity index (χ3v) is 4.84. The number of rotatable bonds is 5. The lowest BCUT2D eigenvalue weighted by Gasteiger charge is -2.27. The SMILES string of the molecule is CNc1ncccc1CN1CCn2nc([C@@H](O)c3ccnn3C)cc2C1. The fourth-order valence-corrected chi connectivity index (χ4v) is 3.45. The number of aliphatic hydroxyl groups is 1. The summed E-state index contributed by atoms with van der Waals surface area (Å²) in [4.78, 5) is 6.74. The molecule has 0 unspecified atom stereocenters. The Kier molecular flexibility index (Phi) is 4.44. The van der Waals surface area contributed by atoms with Gasteiger partial charge in [0.15, 0.2) is 0 Å². The lowest BCUT2D eigenvalue weighted by molar-refractivity contribution is 0.196. The molecule has 0 aromatic carbocycles. The number of aryl methyl sites for hydroxylation is 1. The molecule has 1 aliphatic heterocycles. The number of hydrogen-bond donors (Lipinski definition) is 2. The van der Waals surface area contributed by atoms with Gasteiger partial charge in [-0.15, -0.1) is 0 Å². The number of aliphatic hydroxyl groups excluding tert-OH is 1. The minimum atomic E-state index is -0.761. The Hall–Kier alpha value is -2.71. The first kappa shape index (κ1) is 16.7. The normalized spacial score (nSPS) is 15.7. The van der Waals surface area contributed by atoms with Gasteiger partial charge in [-0.25, -0.2) is 4.98 Å². The largest absolute Gasteiger partial charge is 0.380 e. The summed E-state index contributed by atoms with van der Waals surface area (Å²) < 4.78 is 3.67. The van der Waals surface area contributed by atoms with E-state index in [4.69, 9.17) is 0 Å². The summed E-state index contributed by atoms with van der Waals surface area (Å²) in [6, 6.07) is 7.87. The maximum Gasteiger partial charge on any atom is 0.139 e. The van der Waals surface area contributed by atoms with Crippen LogP contribution < -0.4 is 5.32 Å². The highest BCUT2D eigenvalue weighted by Gasteiger charge is 2.23. The van der Waals surface area contributed by atoms with Crippen molar-refractivity contribution in [2.24, 2.45) is 7.05 Å². The first-order valence-electron chi connectivity index (χ1n) is 8.72. The van der Waals surface area contributed by atoms with Gasteiger partial charge in [-0.2, -0.15) is 10.2 Å². The molecule has 26 heavy (non-hydrogen) atoms. The molecule has 8 nitrogen and oxygen atoms in total. The van der Waals surface area contributed by atoms with E-state index in [-0.39, 0.29) is 0 Å². The number of nitrogens with zero attached hydrogens (tertiary/aromatic N) is 6. The van der Waals surface area contributed by atoms with Crippen LogP contribution in [0.25, 0.3) is 0 Å². The van der Waals surface area contributed by atoms with Crippen LogP contribution in [0, 0.1) is 0 Å². The third-order valence-electron chi connectivity index (χ3n) is 4.84. The van der Waals surface area contributed by atoms with E-state index in [2.05, 4.69) is 31.5 Å². The molecule has 2 N–H and O–H groups in total. The number of pyridine rings is 1. The first-order chi connectivity index (χ1) is 12.7. The van der Waals surface area contributed by atoms with Gasteiger partial charge < -0.3 is 10.4 Å². The summed E-state index contributed by atoms with van der Waals surface area (Å²) in [6.45, 7) is 3.34. The summed E-state index contributed by atoms with van der Waals surface area (Å²) in [6.07, 6.45) is 2.72. The van der Waals surface area contributed by atoms with Crippen LogP contribution in [0.15, 0.2) is 36.7 Å². The zero-order chi connectivity index (χ0) is 18.1. The van der Waals surface area contributed by atoms with E-state index >= 15 is 0 Å². The van der Waals surface area contributed by atoms with Gasteiger partial charge in [-0.1, -0.05) is 6.07 Å². The molecule has 3 aromatic rings. The van der Waals surface area contributed by atoms with Gasteiger partial charge in [-0.05, 0) is 18.2 Å². The van der Waals surface area contributed by atoms with Crippen molar-refractivity contribution in [1.29, 1.82) is 0 Å². The van der Waals surface area contributed by atoms with Gasteiger partial charge in [0.05, 0.1) is 23.6 Å². The summed E-state index contributed by atoms with van der Waals surface area (Å²) in [7, 11) is 3.72. The van der Waals surface area contributed by atoms with Crippen molar-refractivity contribution in [3.8, 4) is 0 Å². The predicted octanol–water partition coefficient (Wildman–Crippen LogP) is 1.15. The quantitative estimate of drug-likeness (QED) is 0.716. The maximum atomic E-state index is 10.6. The molecule has 0 radical (unpaired) electrons. The average molecular weight is 353 g/mol. The second-order valence-electron chi connectivity index (χ2n) is 6.54. The molecule has 136 valence electrons. The van der Waals surface area contributed by atoms with E-state index in [0.29, 0.717) is 5.69 Å². The minimum absolute atomic E-state index is 0.669. The molecule has 0 bridgehead atoms. The zero-order valence-corrected chi connectivity index (χ0v) is 15.0. The van der Waals surface area contributed by atoms with Crippen LogP contribution in [0.5, 0.6) is 0 Å². The van der Waals surface area contributed by atoms with Crippen molar-refractivity contribution >= 4 is 5.82 Å². The van der Waals surface area contributed by atoms with Gasteiger partial charge in [0.2, 0.25) is 0 Å². The van der Waals surface area contributed by atoms with Crippen LogP contribution in [-0.2, 0) is 26.7 Å². The molecule has 0 saturated heterocycles. The van der Waals surface area contributed by atoms with Gasteiger partial charge in [0.25, 0.3) is 0 Å². The molecule has 0 fully saturated rings. The summed E-state index contributed by atoms with van der Waals surface area (Å²) in [5, 5.41) is 22.5. The van der Waals surface area contributed by atoms with E-state index < -0.39 is 6.10 Å². The second kappa shape index (κ2) is 6.89. The molecule has 0 amide bonds. The van der Waals surface area contributed by atoms with Crippen molar-refractivity contribution in [3.63, 3.8) is 0 Å². The standard InChI is InChI=1S/C18H23N7O/c1-19-18-13(4-3-6-20-18)11-24-8-9-25-14(12-24)10-15(22-25)17(26)16-5-7-21-23(16)2/h3-7,10,17,26H,8-9,11-12H2,1-2H3,(H,19,20)/t17-/m1/s1. The van der Waals surface area contributed by atoms with Crippen molar-refractivity contribution in [2.75, 3.05) is 18.9 Å². The Labute approximate surface area is 152 Å². The van der Waals surface area contributed by atoms with E-state index in [9.17, 15) is 5.11 Å².